The molecule has 0 unspecified atom stereocenters. The minimum Gasteiger partial charge on any atom is -0.361 e. The normalized spacial score (nSPS) is 14.9. The third kappa shape index (κ3) is 2.76. The van der Waals surface area contributed by atoms with Crippen LogP contribution in [0.5, 0.6) is 0 Å². The number of benzene rings is 1. The summed E-state index contributed by atoms with van der Waals surface area (Å²) in [6, 6.07) is 8.50. The maximum atomic E-state index is 12.2. The molecule has 3 heterocycles. The second kappa shape index (κ2) is 6.24. The number of nitrogens with one attached hydrogen (secondary N) is 2. The molecule has 1 aliphatic rings. The second-order valence-electron chi connectivity index (χ2n) is 6.51. The molecular formula is C19H22N4O. The van der Waals surface area contributed by atoms with Gasteiger partial charge in [-0.15, -0.1) is 0 Å². The van der Waals surface area contributed by atoms with Crippen molar-refractivity contribution >= 4 is 10.9 Å². The van der Waals surface area contributed by atoms with Gasteiger partial charge in [0.15, 0.2) is 0 Å². The highest BCUT2D eigenvalue weighted by molar-refractivity contribution is 5.82. The Morgan fingerprint density at radius 3 is 3.08 bits per heavy atom. The zero-order valence-corrected chi connectivity index (χ0v) is 13.9. The molecule has 2 N–H and O–H groups in total. The first-order valence-electron chi connectivity index (χ1n) is 8.63. The molecule has 124 valence electrons. The molecule has 1 aromatic carbocycles. The lowest BCUT2D eigenvalue weighted by atomic mass is 10.0. The number of fused-ring (bicyclic) bond motifs is 2. The summed E-state index contributed by atoms with van der Waals surface area (Å²) in [6.07, 6.45) is 4.56. The van der Waals surface area contributed by atoms with Gasteiger partial charge in [-0.2, -0.15) is 0 Å². The Morgan fingerprint density at radius 1 is 1.29 bits per heavy atom. The first kappa shape index (κ1) is 15.1. The van der Waals surface area contributed by atoms with E-state index >= 15 is 0 Å². The van der Waals surface area contributed by atoms with Crippen molar-refractivity contribution in [2.45, 2.75) is 39.3 Å². The highest BCUT2D eigenvalue weighted by Gasteiger charge is 2.21. The second-order valence-corrected chi connectivity index (χ2v) is 6.51. The minimum atomic E-state index is 0.0505. The van der Waals surface area contributed by atoms with Gasteiger partial charge in [0.1, 0.15) is 5.82 Å². The van der Waals surface area contributed by atoms with Crippen molar-refractivity contribution in [2.75, 3.05) is 6.54 Å². The fourth-order valence-electron chi connectivity index (χ4n) is 3.56. The molecule has 0 saturated heterocycles. The van der Waals surface area contributed by atoms with Crippen molar-refractivity contribution in [3.05, 3.63) is 63.5 Å². The molecule has 0 radical (unpaired) electrons. The molecule has 24 heavy (non-hydrogen) atoms. The van der Waals surface area contributed by atoms with Gasteiger partial charge in [0.25, 0.3) is 5.56 Å². The zero-order chi connectivity index (χ0) is 16.5. The van der Waals surface area contributed by atoms with Crippen LogP contribution in [0.25, 0.3) is 10.9 Å². The van der Waals surface area contributed by atoms with Crippen LogP contribution in [0.2, 0.25) is 0 Å². The van der Waals surface area contributed by atoms with Crippen molar-refractivity contribution in [1.82, 2.24) is 19.9 Å². The van der Waals surface area contributed by atoms with E-state index in [4.69, 9.17) is 4.98 Å². The Hall–Kier alpha value is -2.40. The van der Waals surface area contributed by atoms with E-state index in [-0.39, 0.29) is 5.56 Å². The predicted molar refractivity (Wildman–Crippen MR) is 95.0 cm³/mol. The van der Waals surface area contributed by atoms with E-state index in [0.717, 1.165) is 56.0 Å². The van der Waals surface area contributed by atoms with E-state index in [1.54, 1.807) is 0 Å². The molecule has 0 amide bonds. The average Bonchev–Trinajstić information content (AvgIpc) is 3.05. The van der Waals surface area contributed by atoms with Gasteiger partial charge < -0.3 is 9.97 Å². The van der Waals surface area contributed by atoms with Crippen molar-refractivity contribution in [3.63, 3.8) is 0 Å². The Bertz CT molecular complexity index is 925. The number of para-hydroxylation sites is 1. The summed E-state index contributed by atoms with van der Waals surface area (Å²) in [5.74, 6) is 0.814. The van der Waals surface area contributed by atoms with E-state index in [1.165, 1.54) is 16.5 Å². The average molecular weight is 322 g/mol. The SMILES string of the molecule is CCCc1nc2c(c(=O)[nH]1)CCN(Cc1cccc3cc[nH]c13)C2. The lowest BCUT2D eigenvalue weighted by Crippen LogP contribution is -2.35. The number of aromatic amines is 2. The van der Waals surface area contributed by atoms with Gasteiger partial charge in [-0.3, -0.25) is 9.69 Å². The molecule has 0 atom stereocenters. The van der Waals surface area contributed by atoms with E-state index in [0.29, 0.717) is 0 Å². The highest BCUT2D eigenvalue weighted by Crippen LogP contribution is 2.21. The Labute approximate surface area is 140 Å². The first-order valence-corrected chi connectivity index (χ1v) is 8.63. The molecule has 0 fully saturated rings. The van der Waals surface area contributed by atoms with Gasteiger partial charge in [0.2, 0.25) is 0 Å². The summed E-state index contributed by atoms with van der Waals surface area (Å²) in [6.45, 7) is 4.60. The Morgan fingerprint density at radius 2 is 2.21 bits per heavy atom. The van der Waals surface area contributed by atoms with Crippen LogP contribution >= 0.6 is 0 Å². The van der Waals surface area contributed by atoms with Crippen LogP contribution in [0.3, 0.4) is 0 Å². The molecule has 0 aliphatic carbocycles. The summed E-state index contributed by atoms with van der Waals surface area (Å²) >= 11 is 0. The maximum Gasteiger partial charge on any atom is 0.254 e. The summed E-state index contributed by atoms with van der Waals surface area (Å²) < 4.78 is 0. The fourth-order valence-corrected chi connectivity index (χ4v) is 3.56. The highest BCUT2D eigenvalue weighted by atomic mass is 16.1. The Balaban J connectivity index is 1.60. The predicted octanol–water partition coefficient (Wildman–Crippen LogP) is 2.76. The van der Waals surface area contributed by atoms with E-state index < -0.39 is 0 Å². The summed E-state index contributed by atoms with van der Waals surface area (Å²) in [5, 5.41) is 1.24. The largest absolute Gasteiger partial charge is 0.361 e. The van der Waals surface area contributed by atoms with Crippen LogP contribution in [-0.4, -0.2) is 26.4 Å². The van der Waals surface area contributed by atoms with Crippen LogP contribution in [0.15, 0.2) is 35.3 Å². The number of rotatable bonds is 4. The molecule has 5 heteroatoms. The van der Waals surface area contributed by atoms with E-state index in [1.807, 2.05) is 6.20 Å². The molecule has 0 spiro atoms. The van der Waals surface area contributed by atoms with Crippen molar-refractivity contribution in [3.8, 4) is 0 Å². The minimum absolute atomic E-state index is 0.0505. The monoisotopic (exact) mass is 322 g/mol. The zero-order valence-electron chi connectivity index (χ0n) is 13.9. The molecular weight excluding hydrogens is 300 g/mol. The lowest BCUT2D eigenvalue weighted by molar-refractivity contribution is 0.240. The van der Waals surface area contributed by atoms with Crippen LogP contribution in [0, 0.1) is 0 Å². The number of aryl methyl sites for hydroxylation is 1. The van der Waals surface area contributed by atoms with Crippen LogP contribution in [0.4, 0.5) is 0 Å². The number of aromatic nitrogens is 3. The summed E-state index contributed by atoms with van der Waals surface area (Å²) in [5.41, 5.74) is 4.36. The van der Waals surface area contributed by atoms with Gasteiger partial charge in [0.05, 0.1) is 5.69 Å². The number of nitrogens with zero attached hydrogens (tertiary/aromatic N) is 2. The lowest BCUT2D eigenvalue weighted by Gasteiger charge is -2.28. The van der Waals surface area contributed by atoms with Gasteiger partial charge in [-0.05, 0) is 29.9 Å². The third-order valence-electron chi connectivity index (χ3n) is 4.76. The van der Waals surface area contributed by atoms with Crippen LogP contribution < -0.4 is 5.56 Å². The number of hydrogen-bond acceptors (Lipinski definition) is 3. The molecule has 4 rings (SSSR count). The van der Waals surface area contributed by atoms with Crippen molar-refractivity contribution in [2.24, 2.45) is 0 Å². The molecule has 5 nitrogen and oxygen atoms in total. The van der Waals surface area contributed by atoms with Gasteiger partial charge in [-0.1, -0.05) is 25.1 Å². The van der Waals surface area contributed by atoms with Crippen LogP contribution in [0.1, 0.15) is 36.0 Å². The fraction of sp³-hybridized carbons (Fsp3) is 0.368. The van der Waals surface area contributed by atoms with Crippen molar-refractivity contribution in [1.29, 1.82) is 0 Å². The van der Waals surface area contributed by atoms with E-state index in [2.05, 4.69) is 46.1 Å². The maximum absolute atomic E-state index is 12.2. The standard InChI is InChI=1S/C19H22N4O/c1-2-4-17-21-16-12-23(10-8-15(16)19(24)22-17)11-14-6-3-5-13-7-9-20-18(13)14/h3,5-7,9,20H,2,4,8,10-12H2,1H3,(H,21,22,24). The van der Waals surface area contributed by atoms with E-state index in [9.17, 15) is 4.79 Å². The van der Waals surface area contributed by atoms with Crippen molar-refractivity contribution < 1.29 is 0 Å². The molecule has 3 aromatic rings. The first-order chi connectivity index (χ1) is 11.7. The summed E-state index contributed by atoms with van der Waals surface area (Å²) in [7, 11) is 0. The molecule has 0 bridgehead atoms. The smallest absolute Gasteiger partial charge is 0.254 e. The van der Waals surface area contributed by atoms with Gasteiger partial charge in [0, 0.05) is 43.3 Å². The molecule has 1 aliphatic heterocycles. The topological polar surface area (TPSA) is 64.8 Å². The van der Waals surface area contributed by atoms with Crippen LogP contribution in [-0.2, 0) is 25.9 Å². The Kier molecular flexibility index (Phi) is 3.94. The summed E-state index contributed by atoms with van der Waals surface area (Å²) in [4.78, 5) is 25.6. The quantitative estimate of drug-likeness (QED) is 0.776. The number of H-pyrrole nitrogens is 2. The molecule has 2 aromatic heterocycles. The third-order valence-corrected chi connectivity index (χ3v) is 4.76. The van der Waals surface area contributed by atoms with Gasteiger partial charge >= 0.3 is 0 Å². The number of hydrogen-bond donors (Lipinski definition) is 2. The molecule has 0 saturated carbocycles. The van der Waals surface area contributed by atoms with Gasteiger partial charge in [-0.25, -0.2) is 4.98 Å².